The Bertz CT molecular complexity index is 363. The molecule has 0 aromatic carbocycles. The van der Waals surface area contributed by atoms with Gasteiger partial charge in [-0.05, 0) is 24.8 Å². The second-order valence-corrected chi connectivity index (χ2v) is 10.8. The third-order valence-electron chi connectivity index (χ3n) is 3.22. The Labute approximate surface area is 109 Å². The van der Waals surface area contributed by atoms with E-state index < -0.39 is 25.4 Å². The molecule has 1 aliphatic carbocycles. The molecule has 0 aromatic heterocycles. The Kier molecular flexibility index (Phi) is 4.37. The fourth-order valence-corrected chi connectivity index (χ4v) is 3.97. The molecule has 1 saturated carbocycles. The van der Waals surface area contributed by atoms with Gasteiger partial charge in [0.25, 0.3) is 0 Å². The standard InChI is InChI=1S/C13H22O4Si/c1-16-11(14)13(12(15)17-2)8-6-7-10(13)9-18(3,4)5/h9H,6-8H2,1-5H3/b10-9+. The minimum absolute atomic E-state index is 0.489. The van der Waals surface area contributed by atoms with Gasteiger partial charge in [-0.15, -0.1) is 0 Å². The first-order valence-electron chi connectivity index (χ1n) is 6.17. The lowest BCUT2D eigenvalue weighted by Crippen LogP contribution is -2.41. The van der Waals surface area contributed by atoms with Crippen LogP contribution in [0.3, 0.4) is 0 Å². The van der Waals surface area contributed by atoms with E-state index in [1.165, 1.54) is 14.2 Å². The quantitative estimate of drug-likeness (QED) is 0.448. The molecule has 102 valence electrons. The summed E-state index contributed by atoms with van der Waals surface area (Å²) in [5, 5.41) is 0. The molecule has 4 nitrogen and oxygen atoms in total. The van der Waals surface area contributed by atoms with Crippen LogP contribution in [0, 0.1) is 5.41 Å². The molecule has 0 aromatic rings. The Morgan fingerprint density at radius 2 is 1.67 bits per heavy atom. The van der Waals surface area contributed by atoms with Crippen molar-refractivity contribution in [1.82, 2.24) is 0 Å². The van der Waals surface area contributed by atoms with Crippen LogP contribution >= 0.6 is 0 Å². The van der Waals surface area contributed by atoms with Gasteiger partial charge in [0.15, 0.2) is 5.41 Å². The maximum Gasteiger partial charge on any atom is 0.327 e. The number of carbonyl (C=O) groups excluding carboxylic acids is 2. The highest BCUT2D eigenvalue weighted by Crippen LogP contribution is 2.45. The average Bonchev–Trinajstić information content (AvgIpc) is 2.69. The van der Waals surface area contributed by atoms with Gasteiger partial charge in [0.2, 0.25) is 0 Å². The first kappa shape index (κ1) is 15.0. The SMILES string of the molecule is COC(=O)C1(C(=O)OC)CCC/C1=C\[Si](C)(C)C. The Morgan fingerprint density at radius 1 is 1.17 bits per heavy atom. The zero-order valence-corrected chi connectivity index (χ0v) is 12.8. The molecule has 1 rings (SSSR count). The van der Waals surface area contributed by atoms with Crippen LogP contribution in [-0.4, -0.2) is 34.2 Å². The van der Waals surface area contributed by atoms with E-state index in [4.69, 9.17) is 9.47 Å². The Hall–Kier alpha value is -1.10. The molecule has 0 saturated heterocycles. The van der Waals surface area contributed by atoms with Crippen LogP contribution in [0.5, 0.6) is 0 Å². The maximum atomic E-state index is 12.1. The van der Waals surface area contributed by atoms with Crippen molar-refractivity contribution in [2.24, 2.45) is 5.41 Å². The predicted octanol–water partition coefficient (Wildman–Crippen LogP) is 2.31. The average molecular weight is 270 g/mol. The smallest absolute Gasteiger partial charge is 0.327 e. The summed E-state index contributed by atoms with van der Waals surface area (Å²) in [6.45, 7) is 6.53. The topological polar surface area (TPSA) is 52.6 Å². The molecule has 5 heteroatoms. The minimum atomic E-state index is -1.51. The maximum absolute atomic E-state index is 12.1. The molecule has 0 spiro atoms. The first-order valence-corrected chi connectivity index (χ1v) is 9.74. The summed E-state index contributed by atoms with van der Waals surface area (Å²) >= 11 is 0. The van der Waals surface area contributed by atoms with E-state index in [1.54, 1.807) is 0 Å². The first-order chi connectivity index (χ1) is 8.28. The molecule has 18 heavy (non-hydrogen) atoms. The van der Waals surface area contributed by atoms with Gasteiger partial charge >= 0.3 is 11.9 Å². The molecule has 0 heterocycles. The predicted molar refractivity (Wildman–Crippen MR) is 71.7 cm³/mol. The fourth-order valence-electron chi connectivity index (χ4n) is 2.53. The highest BCUT2D eigenvalue weighted by molar-refractivity contribution is 6.81. The van der Waals surface area contributed by atoms with Crippen molar-refractivity contribution < 1.29 is 19.1 Å². The van der Waals surface area contributed by atoms with E-state index in [0.29, 0.717) is 6.42 Å². The van der Waals surface area contributed by atoms with Crippen molar-refractivity contribution in [2.45, 2.75) is 38.9 Å². The van der Waals surface area contributed by atoms with Crippen molar-refractivity contribution in [3.8, 4) is 0 Å². The number of esters is 2. The molecule has 0 N–H and O–H groups in total. The van der Waals surface area contributed by atoms with Crippen LogP contribution in [0.2, 0.25) is 19.6 Å². The summed E-state index contributed by atoms with van der Waals surface area (Å²) < 4.78 is 9.68. The van der Waals surface area contributed by atoms with Gasteiger partial charge < -0.3 is 9.47 Å². The molecule has 0 radical (unpaired) electrons. The van der Waals surface area contributed by atoms with Gasteiger partial charge in [-0.25, -0.2) is 0 Å². The van der Waals surface area contributed by atoms with Crippen LogP contribution in [0.1, 0.15) is 19.3 Å². The van der Waals surface area contributed by atoms with Crippen molar-refractivity contribution in [2.75, 3.05) is 14.2 Å². The molecule has 0 atom stereocenters. The van der Waals surface area contributed by atoms with Gasteiger partial charge in [0, 0.05) is 0 Å². The number of methoxy groups -OCH3 is 2. The van der Waals surface area contributed by atoms with Crippen LogP contribution in [0.15, 0.2) is 11.3 Å². The summed E-state index contributed by atoms with van der Waals surface area (Å²) in [6.07, 6.45) is 2.08. The molecule has 0 aliphatic heterocycles. The fraction of sp³-hybridized carbons (Fsp3) is 0.692. The third-order valence-corrected chi connectivity index (χ3v) is 4.44. The van der Waals surface area contributed by atoms with Gasteiger partial charge in [0.1, 0.15) is 0 Å². The lowest BCUT2D eigenvalue weighted by atomic mass is 9.83. The van der Waals surface area contributed by atoms with Gasteiger partial charge in [0.05, 0.1) is 22.3 Å². The van der Waals surface area contributed by atoms with Gasteiger partial charge in [-0.2, -0.15) is 0 Å². The molecule has 0 unspecified atom stereocenters. The molecular weight excluding hydrogens is 248 g/mol. The van der Waals surface area contributed by atoms with Gasteiger partial charge in [-0.3, -0.25) is 9.59 Å². The molecule has 0 amide bonds. The van der Waals surface area contributed by atoms with Crippen molar-refractivity contribution >= 4 is 20.0 Å². The van der Waals surface area contributed by atoms with Gasteiger partial charge in [-0.1, -0.05) is 25.3 Å². The zero-order valence-electron chi connectivity index (χ0n) is 11.8. The lowest BCUT2D eigenvalue weighted by molar-refractivity contribution is -0.165. The van der Waals surface area contributed by atoms with Crippen LogP contribution in [0.4, 0.5) is 0 Å². The molecule has 1 aliphatic rings. The normalized spacial score (nSPS) is 20.8. The number of hydrogen-bond acceptors (Lipinski definition) is 4. The Morgan fingerprint density at radius 3 is 2.06 bits per heavy atom. The highest BCUT2D eigenvalue weighted by Gasteiger charge is 2.54. The molecule has 1 fully saturated rings. The summed E-state index contributed by atoms with van der Waals surface area (Å²) in [4.78, 5) is 24.2. The molecular formula is C13H22O4Si. The van der Waals surface area contributed by atoms with E-state index in [1.807, 2.05) is 0 Å². The summed E-state index contributed by atoms with van der Waals surface area (Å²) in [6, 6.07) is 0. The highest BCUT2D eigenvalue weighted by atomic mass is 28.3. The second kappa shape index (κ2) is 5.26. The monoisotopic (exact) mass is 270 g/mol. The second-order valence-electron chi connectivity index (χ2n) is 5.78. The molecule has 0 bridgehead atoms. The zero-order chi connectivity index (χ0) is 14.0. The van der Waals surface area contributed by atoms with E-state index in [-0.39, 0.29) is 0 Å². The number of ether oxygens (including phenoxy) is 2. The Balaban J connectivity index is 3.29. The summed E-state index contributed by atoms with van der Waals surface area (Å²) in [5.41, 5.74) is 1.83. The van der Waals surface area contributed by atoms with Crippen molar-refractivity contribution in [3.63, 3.8) is 0 Å². The lowest BCUT2D eigenvalue weighted by Gasteiger charge is -2.26. The van der Waals surface area contributed by atoms with Crippen LogP contribution < -0.4 is 0 Å². The van der Waals surface area contributed by atoms with Crippen LogP contribution in [-0.2, 0) is 19.1 Å². The van der Waals surface area contributed by atoms with E-state index in [2.05, 4.69) is 25.3 Å². The number of rotatable bonds is 3. The van der Waals surface area contributed by atoms with Crippen molar-refractivity contribution in [3.05, 3.63) is 11.3 Å². The third kappa shape index (κ3) is 2.66. The number of carbonyl (C=O) groups is 2. The van der Waals surface area contributed by atoms with Crippen LogP contribution in [0.25, 0.3) is 0 Å². The van der Waals surface area contributed by atoms with E-state index >= 15 is 0 Å². The summed E-state index contributed by atoms with van der Waals surface area (Å²) in [5.74, 6) is -0.979. The number of hydrogen-bond donors (Lipinski definition) is 0. The summed E-state index contributed by atoms with van der Waals surface area (Å²) in [7, 11) is 1.13. The van der Waals surface area contributed by atoms with Crippen molar-refractivity contribution in [1.29, 1.82) is 0 Å². The minimum Gasteiger partial charge on any atom is -0.468 e. The van der Waals surface area contributed by atoms with E-state index in [0.717, 1.165) is 18.4 Å². The largest absolute Gasteiger partial charge is 0.468 e. The van der Waals surface area contributed by atoms with E-state index in [9.17, 15) is 9.59 Å².